The van der Waals surface area contributed by atoms with Gasteiger partial charge in [-0.3, -0.25) is 0 Å². The monoisotopic (exact) mass is 284 g/mol. The number of likely N-dealkylation sites (tertiary alicyclic amines) is 1. The molecule has 2 aliphatic heterocycles. The molecule has 1 spiro atoms. The molecule has 0 radical (unpaired) electrons. The molecule has 1 saturated carbocycles. The predicted octanol–water partition coefficient (Wildman–Crippen LogP) is 3.14. The van der Waals surface area contributed by atoms with Crippen molar-refractivity contribution < 1.29 is 4.74 Å². The zero-order chi connectivity index (χ0) is 14.2. The van der Waals surface area contributed by atoms with Crippen molar-refractivity contribution in [3.63, 3.8) is 0 Å². The van der Waals surface area contributed by atoms with Crippen molar-refractivity contribution >= 4 is 5.69 Å². The molecule has 4 unspecified atom stereocenters. The van der Waals surface area contributed by atoms with Crippen LogP contribution in [0.5, 0.6) is 5.75 Å². The lowest BCUT2D eigenvalue weighted by Crippen LogP contribution is -2.63. The minimum absolute atomic E-state index is 0.166. The fourth-order valence-electron chi connectivity index (χ4n) is 5.78. The van der Waals surface area contributed by atoms with E-state index in [1.54, 1.807) is 0 Å². The van der Waals surface area contributed by atoms with Gasteiger partial charge in [-0.2, -0.15) is 0 Å². The summed E-state index contributed by atoms with van der Waals surface area (Å²) >= 11 is 0. The molecule has 4 heteroatoms. The van der Waals surface area contributed by atoms with Crippen LogP contribution in [-0.4, -0.2) is 30.6 Å². The van der Waals surface area contributed by atoms with Gasteiger partial charge in [-0.15, -0.1) is 4.91 Å². The first-order valence-corrected chi connectivity index (χ1v) is 8.12. The van der Waals surface area contributed by atoms with Crippen LogP contribution >= 0.6 is 0 Å². The largest absolute Gasteiger partial charge is 0.487 e. The van der Waals surface area contributed by atoms with Gasteiger partial charge in [0.15, 0.2) is 5.75 Å². The van der Waals surface area contributed by atoms with Crippen LogP contribution in [-0.2, 0) is 11.8 Å². The molecule has 110 valence electrons. The van der Waals surface area contributed by atoms with Crippen molar-refractivity contribution in [2.45, 2.75) is 49.7 Å². The highest BCUT2D eigenvalue weighted by Crippen LogP contribution is 2.63. The number of hydrogen-bond acceptors (Lipinski definition) is 4. The van der Waals surface area contributed by atoms with E-state index >= 15 is 0 Å². The van der Waals surface area contributed by atoms with Crippen LogP contribution < -0.4 is 4.74 Å². The van der Waals surface area contributed by atoms with Crippen molar-refractivity contribution in [2.75, 3.05) is 13.6 Å². The SMILES string of the molecule is CN1CCC23c4c5ccc(N=O)c4OC2CCCC3C1C5. The van der Waals surface area contributed by atoms with Gasteiger partial charge in [0.2, 0.25) is 0 Å². The van der Waals surface area contributed by atoms with Crippen LogP contribution in [0.25, 0.3) is 0 Å². The molecular weight excluding hydrogens is 264 g/mol. The van der Waals surface area contributed by atoms with Crippen LogP contribution in [0.1, 0.15) is 36.8 Å². The van der Waals surface area contributed by atoms with E-state index in [1.807, 2.05) is 6.07 Å². The Hall–Kier alpha value is -1.42. The van der Waals surface area contributed by atoms with E-state index in [1.165, 1.54) is 24.0 Å². The molecule has 1 aromatic rings. The summed E-state index contributed by atoms with van der Waals surface area (Å²) in [5, 5.41) is 3.22. The van der Waals surface area contributed by atoms with Gasteiger partial charge in [0, 0.05) is 17.0 Å². The standard InChI is InChI=1S/C17H20N2O2/c1-19-8-7-17-11-3-2-4-14(17)21-16-12(18-20)6-5-10(15(16)17)9-13(11)19/h5-6,11,13-14H,2-4,7-9H2,1H3. The van der Waals surface area contributed by atoms with Gasteiger partial charge in [-0.05, 0) is 68.4 Å². The molecule has 0 amide bonds. The number of piperidine rings is 1. The summed E-state index contributed by atoms with van der Waals surface area (Å²) in [5.41, 5.74) is 3.43. The first-order chi connectivity index (χ1) is 10.3. The molecule has 0 aromatic heterocycles. The summed E-state index contributed by atoms with van der Waals surface area (Å²) in [6.07, 6.45) is 6.20. The number of nitrogens with zero attached hydrogens (tertiary/aromatic N) is 2. The van der Waals surface area contributed by atoms with E-state index in [-0.39, 0.29) is 11.5 Å². The zero-order valence-electron chi connectivity index (χ0n) is 12.3. The summed E-state index contributed by atoms with van der Waals surface area (Å²) in [4.78, 5) is 13.7. The van der Waals surface area contributed by atoms with E-state index in [2.05, 4.69) is 23.2 Å². The number of benzene rings is 1. The van der Waals surface area contributed by atoms with Gasteiger partial charge in [0.25, 0.3) is 0 Å². The third-order valence-corrected chi connectivity index (χ3v) is 6.60. The van der Waals surface area contributed by atoms with Gasteiger partial charge in [0.05, 0.1) is 0 Å². The quantitative estimate of drug-likeness (QED) is 0.744. The minimum atomic E-state index is 0.166. The molecule has 2 aliphatic carbocycles. The Balaban J connectivity index is 1.81. The van der Waals surface area contributed by atoms with E-state index in [4.69, 9.17) is 4.74 Å². The second kappa shape index (κ2) is 3.86. The normalized spacial score (nSPS) is 39.6. The molecule has 5 rings (SSSR count). The van der Waals surface area contributed by atoms with Gasteiger partial charge in [-0.25, -0.2) is 0 Å². The maximum absolute atomic E-state index is 11.2. The Morgan fingerprint density at radius 2 is 2.29 bits per heavy atom. The number of hydrogen-bond donors (Lipinski definition) is 0. The zero-order valence-corrected chi connectivity index (χ0v) is 12.3. The molecule has 4 aliphatic rings. The lowest BCUT2D eigenvalue weighted by atomic mass is 9.52. The smallest absolute Gasteiger partial charge is 0.153 e. The highest BCUT2D eigenvalue weighted by atomic mass is 16.5. The molecule has 2 fully saturated rings. The molecule has 0 N–H and O–H groups in total. The van der Waals surface area contributed by atoms with Crippen LogP contribution in [0.4, 0.5) is 5.69 Å². The fraction of sp³-hybridized carbons (Fsp3) is 0.647. The molecule has 21 heavy (non-hydrogen) atoms. The first-order valence-electron chi connectivity index (χ1n) is 8.12. The lowest BCUT2D eigenvalue weighted by Gasteiger charge is -2.57. The van der Waals surface area contributed by atoms with Gasteiger partial charge in [0.1, 0.15) is 11.8 Å². The Bertz CT molecular complexity index is 644. The highest BCUT2D eigenvalue weighted by Gasteiger charge is 2.62. The predicted molar refractivity (Wildman–Crippen MR) is 80.1 cm³/mol. The summed E-state index contributed by atoms with van der Waals surface area (Å²) in [6, 6.07) is 4.62. The van der Waals surface area contributed by atoms with Crippen LogP contribution in [0.15, 0.2) is 17.3 Å². The minimum Gasteiger partial charge on any atom is -0.487 e. The molecule has 2 bridgehead atoms. The van der Waals surface area contributed by atoms with E-state index in [0.717, 1.165) is 31.6 Å². The summed E-state index contributed by atoms with van der Waals surface area (Å²) < 4.78 is 6.32. The first kappa shape index (κ1) is 12.2. The van der Waals surface area contributed by atoms with Crippen LogP contribution in [0.3, 0.4) is 0 Å². The number of likely N-dealkylation sites (N-methyl/N-ethyl adjacent to an activating group) is 1. The number of ether oxygens (including phenoxy) is 1. The number of nitroso groups, excluding NO2 is 1. The van der Waals surface area contributed by atoms with Crippen molar-refractivity contribution in [3.05, 3.63) is 28.2 Å². The molecule has 4 atom stereocenters. The molecule has 1 saturated heterocycles. The van der Waals surface area contributed by atoms with Crippen molar-refractivity contribution in [2.24, 2.45) is 11.1 Å². The van der Waals surface area contributed by atoms with E-state index in [0.29, 0.717) is 17.6 Å². The second-order valence-electron chi connectivity index (χ2n) is 7.23. The summed E-state index contributed by atoms with van der Waals surface area (Å²) in [5.74, 6) is 1.51. The number of rotatable bonds is 1. The van der Waals surface area contributed by atoms with Crippen LogP contribution in [0, 0.1) is 10.8 Å². The third kappa shape index (κ3) is 1.26. The molecule has 4 nitrogen and oxygen atoms in total. The fourth-order valence-corrected chi connectivity index (χ4v) is 5.78. The Morgan fingerprint density at radius 1 is 1.38 bits per heavy atom. The summed E-state index contributed by atoms with van der Waals surface area (Å²) in [6.45, 7) is 1.14. The maximum Gasteiger partial charge on any atom is 0.153 e. The van der Waals surface area contributed by atoms with Crippen molar-refractivity contribution in [3.8, 4) is 5.75 Å². The van der Waals surface area contributed by atoms with Crippen molar-refractivity contribution in [1.82, 2.24) is 4.90 Å². The van der Waals surface area contributed by atoms with Gasteiger partial charge >= 0.3 is 0 Å². The van der Waals surface area contributed by atoms with Crippen LogP contribution in [0.2, 0.25) is 0 Å². The molecule has 2 heterocycles. The highest BCUT2D eigenvalue weighted by molar-refractivity contribution is 5.66. The maximum atomic E-state index is 11.2. The second-order valence-corrected chi connectivity index (χ2v) is 7.23. The molecule has 1 aromatic carbocycles. The third-order valence-electron chi connectivity index (χ3n) is 6.60. The average Bonchev–Trinajstić information content (AvgIpc) is 2.84. The Kier molecular flexibility index (Phi) is 2.23. The van der Waals surface area contributed by atoms with Crippen molar-refractivity contribution in [1.29, 1.82) is 0 Å². The summed E-state index contributed by atoms with van der Waals surface area (Å²) in [7, 11) is 2.27. The van der Waals surface area contributed by atoms with Gasteiger partial charge in [-0.1, -0.05) is 6.07 Å². The molecular formula is C17H20N2O2. The van der Waals surface area contributed by atoms with E-state index < -0.39 is 0 Å². The average molecular weight is 284 g/mol. The lowest BCUT2D eigenvalue weighted by molar-refractivity contribution is -0.0424. The topological polar surface area (TPSA) is 41.9 Å². The van der Waals surface area contributed by atoms with E-state index in [9.17, 15) is 4.91 Å². The van der Waals surface area contributed by atoms with Gasteiger partial charge < -0.3 is 9.64 Å². The Labute approximate surface area is 124 Å². The Morgan fingerprint density at radius 3 is 3.14 bits per heavy atom.